The maximum atomic E-state index is 3.60. The zero-order valence-corrected chi connectivity index (χ0v) is 15.0. The van der Waals surface area contributed by atoms with Gasteiger partial charge in [0.05, 0.1) is 0 Å². The Balaban J connectivity index is 1.49. The Hall–Kier alpha value is -1.26. The third-order valence-corrected chi connectivity index (χ3v) is 5.49. The quantitative estimate of drug-likeness (QED) is 0.901. The van der Waals surface area contributed by atoms with Crippen molar-refractivity contribution in [2.75, 3.05) is 56.5 Å². The molecule has 2 heterocycles. The highest BCUT2D eigenvalue weighted by atomic mass is 15.3. The minimum Gasteiger partial charge on any atom is -0.383 e. The molecule has 0 bridgehead atoms. The molecule has 2 aliphatic heterocycles. The van der Waals surface area contributed by atoms with E-state index in [2.05, 4.69) is 65.2 Å². The van der Waals surface area contributed by atoms with Crippen molar-refractivity contribution in [1.29, 1.82) is 0 Å². The van der Waals surface area contributed by atoms with Crippen LogP contribution in [-0.4, -0.2) is 68.2 Å². The van der Waals surface area contributed by atoms with Gasteiger partial charge in [-0.1, -0.05) is 0 Å². The fourth-order valence-corrected chi connectivity index (χ4v) is 3.76. The van der Waals surface area contributed by atoms with Gasteiger partial charge in [0.25, 0.3) is 0 Å². The fraction of sp³-hybridized carbons (Fsp3) is 0.684. The highest BCUT2D eigenvalue weighted by molar-refractivity contribution is 5.55. The second-order valence-electron chi connectivity index (χ2n) is 7.32. The van der Waals surface area contributed by atoms with Gasteiger partial charge >= 0.3 is 0 Å². The van der Waals surface area contributed by atoms with Gasteiger partial charge in [-0.15, -0.1) is 0 Å². The normalized spacial score (nSPS) is 23.7. The van der Waals surface area contributed by atoms with Crippen LogP contribution in [0.3, 0.4) is 0 Å². The first-order chi connectivity index (χ1) is 11.1. The summed E-state index contributed by atoms with van der Waals surface area (Å²) in [6.45, 7) is 11.5. The lowest BCUT2D eigenvalue weighted by Crippen LogP contribution is -2.48. The van der Waals surface area contributed by atoms with Gasteiger partial charge in [-0.2, -0.15) is 0 Å². The summed E-state index contributed by atoms with van der Waals surface area (Å²) >= 11 is 0. The van der Waals surface area contributed by atoms with Crippen molar-refractivity contribution < 1.29 is 0 Å². The Bertz CT molecular complexity index is 477. The van der Waals surface area contributed by atoms with Crippen molar-refractivity contribution in [3.63, 3.8) is 0 Å². The smallest absolute Gasteiger partial charge is 0.0368 e. The topological polar surface area (TPSA) is 21.8 Å². The summed E-state index contributed by atoms with van der Waals surface area (Å²) in [7, 11) is 2.24. The van der Waals surface area contributed by atoms with Gasteiger partial charge in [-0.05, 0) is 64.5 Å². The van der Waals surface area contributed by atoms with Crippen LogP contribution in [0.15, 0.2) is 24.3 Å². The highest BCUT2D eigenvalue weighted by Gasteiger charge is 2.21. The largest absolute Gasteiger partial charge is 0.383 e. The van der Waals surface area contributed by atoms with Crippen LogP contribution in [0.25, 0.3) is 0 Å². The molecule has 128 valence electrons. The number of piperazine rings is 1. The first-order valence-electron chi connectivity index (χ1n) is 9.16. The number of hydrogen-bond donors (Lipinski definition) is 1. The van der Waals surface area contributed by atoms with Crippen molar-refractivity contribution in [1.82, 2.24) is 9.80 Å². The van der Waals surface area contributed by atoms with Gasteiger partial charge in [-0.3, -0.25) is 4.90 Å². The zero-order chi connectivity index (χ0) is 16.2. The number of nitrogens with one attached hydrogen (secondary N) is 1. The highest BCUT2D eigenvalue weighted by Crippen LogP contribution is 2.21. The minimum atomic E-state index is 0.664. The Labute approximate surface area is 141 Å². The Morgan fingerprint density at radius 1 is 1.04 bits per heavy atom. The standard InChI is InChI=1S/C19H32N4/c1-16(2)22-11-13-23(14-12-22)18-8-6-17(7-9-18)20-15-19-5-4-10-21(19)3/h6-9,16,19-20H,4-5,10-15H2,1-3H3. The Morgan fingerprint density at radius 2 is 1.74 bits per heavy atom. The van der Waals surface area contributed by atoms with Crippen LogP contribution in [0.5, 0.6) is 0 Å². The molecule has 1 aromatic carbocycles. The number of benzene rings is 1. The molecule has 0 aromatic heterocycles. The molecule has 2 fully saturated rings. The number of anilines is 2. The molecular weight excluding hydrogens is 284 g/mol. The maximum Gasteiger partial charge on any atom is 0.0368 e. The summed E-state index contributed by atoms with van der Waals surface area (Å²) in [5.74, 6) is 0. The van der Waals surface area contributed by atoms with Crippen LogP contribution in [0, 0.1) is 0 Å². The van der Waals surface area contributed by atoms with Gasteiger partial charge in [0.1, 0.15) is 0 Å². The molecule has 2 saturated heterocycles. The van der Waals surface area contributed by atoms with Gasteiger partial charge in [-0.25, -0.2) is 0 Å². The number of likely N-dealkylation sites (N-methyl/N-ethyl adjacent to an activating group) is 1. The van der Waals surface area contributed by atoms with Crippen LogP contribution in [0.4, 0.5) is 11.4 Å². The van der Waals surface area contributed by atoms with E-state index in [0.29, 0.717) is 12.1 Å². The van der Waals surface area contributed by atoms with E-state index in [1.54, 1.807) is 0 Å². The number of likely N-dealkylation sites (tertiary alicyclic amines) is 1. The predicted molar refractivity (Wildman–Crippen MR) is 99.5 cm³/mol. The van der Waals surface area contributed by atoms with E-state index in [9.17, 15) is 0 Å². The Kier molecular flexibility index (Phi) is 5.44. The molecule has 1 unspecified atom stereocenters. The first-order valence-corrected chi connectivity index (χ1v) is 9.16. The molecule has 0 spiro atoms. The molecule has 1 aromatic rings. The predicted octanol–water partition coefficient (Wildman–Crippen LogP) is 2.72. The summed E-state index contributed by atoms with van der Waals surface area (Å²) in [6.07, 6.45) is 2.66. The number of rotatable bonds is 5. The summed E-state index contributed by atoms with van der Waals surface area (Å²) in [4.78, 5) is 7.54. The van der Waals surface area contributed by atoms with Crippen molar-refractivity contribution in [2.24, 2.45) is 0 Å². The van der Waals surface area contributed by atoms with Crippen molar-refractivity contribution in [3.05, 3.63) is 24.3 Å². The Morgan fingerprint density at radius 3 is 2.30 bits per heavy atom. The molecular formula is C19H32N4. The molecule has 3 rings (SSSR count). The average molecular weight is 316 g/mol. The van der Waals surface area contributed by atoms with Crippen molar-refractivity contribution >= 4 is 11.4 Å². The second-order valence-corrected chi connectivity index (χ2v) is 7.32. The molecule has 4 nitrogen and oxygen atoms in total. The molecule has 23 heavy (non-hydrogen) atoms. The van der Waals surface area contributed by atoms with E-state index >= 15 is 0 Å². The summed E-state index contributed by atoms with van der Waals surface area (Å²) in [6, 6.07) is 10.4. The molecule has 0 amide bonds. The molecule has 1 atom stereocenters. The summed E-state index contributed by atoms with van der Waals surface area (Å²) < 4.78 is 0. The lowest BCUT2D eigenvalue weighted by molar-refractivity contribution is 0.209. The van der Waals surface area contributed by atoms with Gasteiger partial charge < -0.3 is 15.1 Å². The molecule has 0 saturated carbocycles. The molecule has 2 aliphatic rings. The fourth-order valence-electron chi connectivity index (χ4n) is 3.76. The van der Waals surface area contributed by atoms with Crippen molar-refractivity contribution in [2.45, 2.75) is 38.8 Å². The minimum absolute atomic E-state index is 0.664. The lowest BCUT2D eigenvalue weighted by atomic mass is 10.2. The summed E-state index contributed by atoms with van der Waals surface area (Å²) in [5.41, 5.74) is 2.60. The molecule has 4 heteroatoms. The lowest BCUT2D eigenvalue weighted by Gasteiger charge is -2.38. The van der Waals surface area contributed by atoms with E-state index in [1.165, 1.54) is 43.9 Å². The number of nitrogens with zero attached hydrogens (tertiary/aromatic N) is 3. The maximum absolute atomic E-state index is 3.60. The zero-order valence-electron chi connectivity index (χ0n) is 15.0. The van der Waals surface area contributed by atoms with Gasteiger partial charge in [0.2, 0.25) is 0 Å². The monoisotopic (exact) mass is 316 g/mol. The van der Waals surface area contributed by atoms with Crippen LogP contribution in [0.1, 0.15) is 26.7 Å². The molecule has 0 aliphatic carbocycles. The van der Waals surface area contributed by atoms with E-state index in [4.69, 9.17) is 0 Å². The van der Waals surface area contributed by atoms with Gasteiger partial charge in [0.15, 0.2) is 0 Å². The van der Waals surface area contributed by atoms with E-state index in [1.807, 2.05) is 0 Å². The summed E-state index contributed by atoms with van der Waals surface area (Å²) in [5, 5.41) is 3.60. The third kappa shape index (κ3) is 4.18. The van der Waals surface area contributed by atoms with E-state index in [0.717, 1.165) is 19.6 Å². The van der Waals surface area contributed by atoms with Crippen LogP contribution in [-0.2, 0) is 0 Å². The second kappa shape index (κ2) is 7.54. The third-order valence-electron chi connectivity index (χ3n) is 5.49. The SMILES string of the molecule is CC(C)N1CCN(c2ccc(NCC3CCCN3C)cc2)CC1. The first kappa shape index (κ1) is 16.6. The average Bonchev–Trinajstić information content (AvgIpc) is 2.99. The van der Waals surface area contributed by atoms with E-state index < -0.39 is 0 Å². The van der Waals surface area contributed by atoms with Crippen LogP contribution < -0.4 is 10.2 Å². The van der Waals surface area contributed by atoms with Gasteiger partial charge in [0, 0.05) is 56.2 Å². The van der Waals surface area contributed by atoms with Crippen LogP contribution >= 0.6 is 0 Å². The molecule has 1 N–H and O–H groups in total. The molecule has 0 radical (unpaired) electrons. The van der Waals surface area contributed by atoms with E-state index in [-0.39, 0.29) is 0 Å². The van der Waals surface area contributed by atoms with Crippen molar-refractivity contribution in [3.8, 4) is 0 Å². The number of hydrogen-bond acceptors (Lipinski definition) is 4. The van der Waals surface area contributed by atoms with Crippen LogP contribution in [0.2, 0.25) is 0 Å².